The minimum absolute atomic E-state index is 0.0278. The number of aromatic nitrogens is 1. The zero-order valence-corrected chi connectivity index (χ0v) is 15.9. The Balaban J connectivity index is 1.74. The summed E-state index contributed by atoms with van der Waals surface area (Å²) < 4.78 is 33.5. The van der Waals surface area contributed by atoms with Gasteiger partial charge in [0.1, 0.15) is 39.7 Å². The molecule has 0 fully saturated rings. The minimum atomic E-state index is -3.81. The highest BCUT2D eigenvalue weighted by atomic mass is 32.2. The molecule has 0 bridgehead atoms. The topological polar surface area (TPSA) is 162 Å². The van der Waals surface area contributed by atoms with Crippen LogP contribution in [0.3, 0.4) is 0 Å². The summed E-state index contributed by atoms with van der Waals surface area (Å²) in [5.41, 5.74) is 5.60. The number of ether oxygens (including phenoxy) is 1. The molecule has 0 amide bonds. The highest BCUT2D eigenvalue weighted by Gasteiger charge is 2.30. The van der Waals surface area contributed by atoms with E-state index in [4.69, 9.17) is 10.5 Å². The van der Waals surface area contributed by atoms with Crippen molar-refractivity contribution in [1.82, 2.24) is 4.98 Å². The molecule has 2 heterocycles. The van der Waals surface area contributed by atoms with Crippen molar-refractivity contribution in [2.24, 2.45) is 4.40 Å². The maximum Gasteiger partial charge on any atom is 0.286 e. The molecule has 0 spiro atoms. The first-order chi connectivity index (χ1) is 14.4. The monoisotopic (exact) mass is 417 g/mol. The molecule has 146 valence electrons. The number of anilines is 1. The summed E-state index contributed by atoms with van der Waals surface area (Å²) in [5, 5.41) is 18.7. The second-order valence-corrected chi connectivity index (χ2v) is 7.78. The van der Waals surface area contributed by atoms with Gasteiger partial charge in [0.2, 0.25) is 5.90 Å². The molecule has 30 heavy (non-hydrogen) atoms. The number of nitrogens with two attached hydrogens (primary N) is 1. The third-order valence-corrected chi connectivity index (χ3v) is 5.74. The standard InChI is InChI=1S/C20H11N5O4S/c21-9-14-17(15(10-22)19(26)24-18(14)23)11-5-7-12(8-6-11)29-20-13-3-1-2-4-16(13)30(27,28)25-20/h1-8H,(H3,23,24,26). The van der Waals surface area contributed by atoms with Gasteiger partial charge < -0.3 is 15.5 Å². The zero-order chi connectivity index (χ0) is 21.5. The van der Waals surface area contributed by atoms with Crippen molar-refractivity contribution in [3.8, 4) is 29.0 Å². The van der Waals surface area contributed by atoms with Crippen LogP contribution in [0.25, 0.3) is 11.1 Å². The van der Waals surface area contributed by atoms with E-state index in [9.17, 15) is 23.7 Å². The van der Waals surface area contributed by atoms with Gasteiger partial charge in [0.15, 0.2) is 0 Å². The number of hydrogen-bond acceptors (Lipinski definition) is 7. The van der Waals surface area contributed by atoms with E-state index >= 15 is 0 Å². The maximum absolute atomic E-state index is 12.1. The number of rotatable bonds is 2. The van der Waals surface area contributed by atoms with Gasteiger partial charge in [-0.2, -0.15) is 18.9 Å². The summed E-state index contributed by atoms with van der Waals surface area (Å²) in [6.45, 7) is 0. The lowest BCUT2D eigenvalue weighted by atomic mass is 9.96. The summed E-state index contributed by atoms with van der Waals surface area (Å²) in [5.74, 6) is 0.0763. The van der Waals surface area contributed by atoms with Gasteiger partial charge in [-0.1, -0.05) is 24.3 Å². The van der Waals surface area contributed by atoms with E-state index in [2.05, 4.69) is 9.38 Å². The van der Waals surface area contributed by atoms with Crippen molar-refractivity contribution >= 4 is 21.7 Å². The number of sulfonamides is 1. The van der Waals surface area contributed by atoms with Gasteiger partial charge in [-0.05, 0) is 29.8 Å². The molecular weight excluding hydrogens is 406 g/mol. The molecule has 9 nitrogen and oxygen atoms in total. The second kappa shape index (κ2) is 6.88. The first-order valence-corrected chi connectivity index (χ1v) is 9.88. The number of pyridine rings is 1. The van der Waals surface area contributed by atoms with Crippen LogP contribution in [0.2, 0.25) is 0 Å². The Morgan fingerprint density at radius 3 is 2.33 bits per heavy atom. The van der Waals surface area contributed by atoms with Crippen LogP contribution in [0.5, 0.6) is 5.75 Å². The molecule has 0 atom stereocenters. The number of benzene rings is 2. The lowest BCUT2D eigenvalue weighted by Crippen LogP contribution is -2.16. The van der Waals surface area contributed by atoms with Crippen LogP contribution in [-0.4, -0.2) is 19.3 Å². The highest BCUT2D eigenvalue weighted by molar-refractivity contribution is 7.90. The number of nitrogen functional groups attached to an aromatic ring is 1. The predicted octanol–water partition coefficient (Wildman–Crippen LogP) is 1.90. The Labute approximate surface area is 170 Å². The molecule has 10 heteroatoms. The third kappa shape index (κ3) is 2.98. The van der Waals surface area contributed by atoms with E-state index in [0.717, 1.165) is 0 Å². The van der Waals surface area contributed by atoms with Gasteiger partial charge >= 0.3 is 0 Å². The SMILES string of the molecule is N#Cc1c(N)[nH]c(=O)c(C#N)c1-c1ccc(OC2=NS(=O)(=O)c3ccccc32)cc1. The Morgan fingerprint density at radius 1 is 1.00 bits per heavy atom. The van der Waals surface area contributed by atoms with Crippen LogP contribution < -0.4 is 16.0 Å². The molecule has 1 aliphatic heterocycles. The first-order valence-electron chi connectivity index (χ1n) is 8.44. The van der Waals surface area contributed by atoms with Crippen molar-refractivity contribution in [3.63, 3.8) is 0 Å². The van der Waals surface area contributed by atoms with Crippen LogP contribution in [-0.2, 0) is 10.0 Å². The van der Waals surface area contributed by atoms with E-state index < -0.39 is 15.6 Å². The number of hydrogen-bond donors (Lipinski definition) is 2. The van der Waals surface area contributed by atoms with Gasteiger partial charge in [-0.15, -0.1) is 4.40 Å². The van der Waals surface area contributed by atoms with Gasteiger partial charge in [0, 0.05) is 5.56 Å². The van der Waals surface area contributed by atoms with Crippen molar-refractivity contribution in [3.05, 3.63) is 75.6 Å². The summed E-state index contributed by atoms with van der Waals surface area (Å²) >= 11 is 0. The lowest BCUT2D eigenvalue weighted by molar-refractivity contribution is 0.554. The molecule has 1 aliphatic rings. The van der Waals surface area contributed by atoms with E-state index in [1.54, 1.807) is 24.3 Å². The normalized spacial score (nSPS) is 13.6. The molecule has 0 unspecified atom stereocenters. The molecule has 0 aliphatic carbocycles. The van der Waals surface area contributed by atoms with E-state index in [1.807, 2.05) is 6.07 Å². The average molecular weight is 417 g/mol. The first kappa shape index (κ1) is 18.9. The van der Waals surface area contributed by atoms with E-state index in [1.165, 1.54) is 30.3 Å². The fourth-order valence-corrected chi connectivity index (χ4v) is 4.22. The van der Waals surface area contributed by atoms with Crippen molar-refractivity contribution < 1.29 is 13.2 Å². The van der Waals surface area contributed by atoms with Crippen LogP contribution >= 0.6 is 0 Å². The van der Waals surface area contributed by atoms with Crippen LogP contribution in [0.15, 0.2) is 62.6 Å². The van der Waals surface area contributed by atoms with Crippen molar-refractivity contribution in [2.75, 3.05) is 5.73 Å². The third-order valence-electron chi connectivity index (χ3n) is 4.42. The summed E-state index contributed by atoms with van der Waals surface area (Å²) in [6.07, 6.45) is 0. The van der Waals surface area contributed by atoms with Crippen LogP contribution in [0, 0.1) is 22.7 Å². The maximum atomic E-state index is 12.1. The van der Waals surface area contributed by atoms with Crippen LogP contribution in [0.1, 0.15) is 16.7 Å². The van der Waals surface area contributed by atoms with Crippen molar-refractivity contribution in [1.29, 1.82) is 10.5 Å². The van der Waals surface area contributed by atoms with Crippen molar-refractivity contribution in [2.45, 2.75) is 4.90 Å². The second-order valence-electron chi connectivity index (χ2n) is 6.21. The molecule has 0 saturated heterocycles. The smallest absolute Gasteiger partial charge is 0.286 e. The largest absolute Gasteiger partial charge is 0.438 e. The van der Waals surface area contributed by atoms with Gasteiger partial charge in [-0.3, -0.25) is 4.79 Å². The molecule has 0 saturated carbocycles. The molecule has 2 aromatic carbocycles. The van der Waals surface area contributed by atoms with Gasteiger partial charge in [0.25, 0.3) is 15.6 Å². The van der Waals surface area contributed by atoms with Crippen LogP contribution in [0.4, 0.5) is 5.82 Å². The summed E-state index contributed by atoms with van der Waals surface area (Å²) in [7, 11) is -3.81. The predicted molar refractivity (Wildman–Crippen MR) is 107 cm³/mol. The Hall–Kier alpha value is -4.41. The van der Waals surface area contributed by atoms with E-state index in [-0.39, 0.29) is 39.1 Å². The number of aromatic amines is 1. The fraction of sp³-hybridized carbons (Fsp3) is 0. The van der Waals surface area contributed by atoms with E-state index in [0.29, 0.717) is 11.1 Å². The molecule has 4 rings (SSSR count). The number of fused-ring (bicyclic) bond motifs is 1. The Kier molecular flexibility index (Phi) is 4.34. The molecular formula is C20H11N5O4S. The summed E-state index contributed by atoms with van der Waals surface area (Å²) in [4.78, 5) is 14.4. The average Bonchev–Trinajstić information content (AvgIpc) is 2.98. The highest BCUT2D eigenvalue weighted by Crippen LogP contribution is 2.31. The molecule has 3 N–H and O–H groups in total. The van der Waals surface area contributed by atoms with Gasteiger partial charge in [-0.25, -0.2) is 0 Å². The number of nitrogens with one attached hydrogen (secondary N) is 1. The molecule has 0 radical (unpaired) electrons. The quantitative estimate of drug-likeness (QED) is 0.643. The lowest BCUT2D eigenvalue weighted by Gasteiger charge is -2.10. The minimum Gasteiger partial charge on any atom is -0.438 e. The Morgan fingerprint density at radius 2 is 1.67 bits per heavy atom. The Bertz CT molecular complexity index is 1470. The molecule has 1 aromatic heterocycles. The van der Waals surface area contributed by atoms with Gasteiger partial charge in [0.05, 0.1) is 5.56 Å². The number of nitriles is 2. The fourth-order valence-electron chi connectivity index (χ4n) is 3.08. The zero-order valence-electron chi connectivity index (χ0n) is 15.1. The number of H-pyrrole nitrogens is 1. The number of nitrogens with zero attached hydrogens (tertiary/aromatic N) is 3. The molecule has 3 aromatic rings. The summed E-state index contributed by atoms with van der Waals surface area (Å²) in [6, 6.07) is 16.0.